The Kier molecular flexibility index (Phi) is 7.79. The maximum Gasteiger partial charge on any atom is 0.322 e. The molecule has 3 aliphatic carbocycles. The summed E-state index contributed by atoms with van der Waals surface area (Å²) in [5.41, 5.74) is 1.95. The van der Waals surface area contributed by atoms with Crippen LogP contribution in [0.5, 0.6) is 0 Å². The second-order valence-corrected chi connectivity index (χ2v) is 9.88. The van der Waals surface area contributed by atoms with E-state index in [0.29, 0.717) is 17.9 Å². The highest BCUT2D eigenvalue weighted by Gasteiger charge is 2.51. The lowest BCUT2D eigenvalue weighted by molar-refractivity contribution is -0.0103. The first-order valence-electron chi connectivity index (χ1n) is 12.0. The minimum Gasteiger partial charge on any atom is -0.318 e. The number of benzene rings is 1. The molecule has 3 aliphatic rings. The number of rotatable bonds is 10. The van der Waals surface area contributed by atoms with E-state index in [0.717, 1.165) is 44.8 Å². The molecule has 3 unspecified atom stereocenters. The van der Waals surface area contributed by atoms with Crippen molar-refractivity contribution in [2.75, 3.05) is 31.5 Å². The molecule has 0 aliphatic heterocycles. The fourth-order valence-electron chi connectivity index (χ4n) is 5.34. The van der Waals surface area contributed by atoms with Gasteiger partial charge in [0.15, 0.2) is 0 Å². The van der Waals surface area contributed by atoms with Gasteiger partial charge in [-0.1, -0.05) is 51.5 Å². The van der Waals surface area contributed by atoms with E-state index >= 15 is 0 Å². The average molecular weight is 430 g/mol. The van der Waals surface area contributed by atoms with Crippen LogP contribution in [0.3, 0.4) is 0 Å². The van der Waals surface area contributed by atoms with Crippen LogP contribution >= 0.6 is 0 Å². The molecule has 2 bridgehead atoms. The number of anilines is 1. The van der Waals surface area contributed by atoms with Crippen LogP contribution in [0.2, 0.25) is 0 Å². The molecule has 1 aromatic rings. The maximum atomic E-state index is 14.2. The number of halogens is 1. The van der Waals surface area contributed by atoms with Gasteiger partial charge in [-0.15, -0.1) is 0 Å². The predicted molar refractivity (Wildman–Crippen MR) is 127 cm³/mol. The van der Waals surface area contributed by atoms with Crippen LogP contribution in [0.15, 0.2) is 35.9 Å². The number of allylic oxidation sites excluding steroid dienone is 1. The summed E-state index contributed by atoms with van der Waals surface area (Å²) in [6.07, 6.45) is 6.68. The zero-order valence-corrected chi connectivity index (χ0v) is 20.0. The standard InChI is InChI=1S/C26H40FN3O/c1-6-29(7-2)16-10-11-19(3)30(25(31)28-24-13-9-8-12-23(24)27)18-20-14-15-21-17-22(20)26(21,4)5/h8-9,12-14,19,21-22H,6-7,10-11,15-18H2,1-5H3,(H,28,31). The molecule has 0 spiro atoms. The number of fused-ring (bicyclic) bond motifs is 1. The molecule has 4 rings (SSSR count). The Bertz CT molecular complexity index is 787. The Morgan fingerprint density at radius 1 is 1.26 bits per heavy atom. The summed E-state index contributed by atoms with van der Waals surface area (Å²) in [6.45, 7) is 15.0. The minimum atomic E-state index is -0.398. The van der Waals surface area contributed by atoms with Gasteiger partial charge in [-0.3, -0.25) is 0 Å². The summed E-state index contributed by atoms with van der Waals surface area (Å²) in [5, 5.41) is 2.83. The maximum absolute atomic E-state index is 14.2. The number of para-hydroxylation sites is 1. The summed E-state index contributed by atoms with van der Waals surface area (Å²) in [4.78, 5) is 17.6. The Morgan fingerprint density at radius 3 is 2.58 bits per heavy atom. The minimum absolute atomic E-state index is 0.0872. The lowest BCUT2D eigenvalue weighted by Gasteiger charge is -2.57. The Morgan fingerprint density at radius 2 is 1.97 bits per heavy atom. The fraction of sp³-hybridized carbons (Fsp3) is 0.654. The first-order chi connectivity index (χ1) is 14.8. The third-order valence-corrected chi connectivity index (χ3v) is 7.83. The fourth-order valence-corrected chi connectivity index (χ4v) is 5.34. The molecule has 172 valence electrons. The second kappa shape index (κ2) is 10.2. The number of carbonyl (C=O) groups excluding carboxylic acids is 1. The summed E-state index contributed by atoms with van der Waals surface area (Å²) in [5.74, 6) is 0.927. The number of nitrogens with zero attached hydrogens (tertiary/aromatic N) is 2. The molecule has 0 radical (unpaired) electrons. The van der Waals surface area contributed by atoms with Crippen molar-refractivity contribution >= 4 is 11.7 Å². The van der Waals surface area contributed by atoms with E-state index in [1.165, 1.54) is 18.1 Å². The van der Waals surface area contributed by atoms with Crippen molar-refractivity contribution in [3.05, 3.63) is 41.7 Å². The van der Waals surface area contributed by atoms with Crippen molar-refractivity contribution in [3.63, 3.8) is 0 Å². The number of hydrogen-bond donors (Lipinski definition) is 1. The zero-order chi connectivity index (χ0) is 22.6. The van der Waals surface area contributed by atoms with Crippen molar-refractivity contribution in [1.29, 1.82) is 0 Å². The lowest BCUT2D eigenvalue weighted by Crippen LogP contribution is -2.51. The molecule has 0 saturated heterocycles. The molecule has 1 saturated carbocycles. The Labute approximate surface area is 187 Å². The van der Waals surface area contributed by atoms with Gasteiger partial charge in [0.05, 0.1) is 5.69 Å². The van der Waals surface area contributed by atoms with Crippen molar-refractivity contribution in [2.45, 2.75) is 66.3 Å². The summed E-state index contributed by atoms with van der Waals surface area (Å²) < 4.78 is 14.2. The van der Waals surface area contributed by atoms with E-state index in [-0.39, 0.29) is 17.8 Å². The largest absolute Gasteiger partial charge is 0.322 e. The smallest absolute Gasteiger partial charge is 0.318 e. The van der Waals surface area contributed by atoms with E-state index in [4.69, 9.17) is 0 Å². The molecule has 1 fully saturated rings. The molecule has 1 N–H and O–H groups in total. The van der Waals surface area contributed by atoms with Crippen LogP contribution < -0.4 is 5.32 Å². The highest BCUT2D eigenvalue weighted by Crippen LogP contribution is 2.59. The Balaban J connectivity index is 1.71. The predicted octanol–water partition coefficient (Wildman–Crippen LogP) is 6.16. The molecule has 1 aromatic carbocycles. The van der Waals surface area contributed by atoms with Crippen LogP contribution in [0.4, 0.5) is 14.9 Å². The molecule has 2 amide bonds. The molecule has 0 heterocycles. The highest BCUT2D eigenvalue weighted by atomic mass is 19.1. The normalized spacial score (nSPS) is 22.5. The lowest BCUT2D eigenvalue weighted by atomic mass is 9.49. The monoisotopic (exact) mass is 429 g/mol. The first kappa shape index (κ1) is 23.8. The molecule has 31 heavy (non-hydrogen) atoms. The van der Waals surface area contributed by atoms with Crippen molar-refractivity contribution in [3.8, 4) is 0 Å². The van der Waals surface area contributed by atoms with Gasteiger partial charge in [0.25, 0.3) is 0 Å². The van der Waals surface area contributed by atoms with Crippen LogP contribution in [0, 0.1) is 23.1 Å². The topological polar surface area (TPSA) is 35.6 Å². The molecule has 0 aromatic heterocycles. The van der Waals surface area contributed by atoms with Gasteiger partial charge >= 0.3 is 6.03 Å². The molecule has 4 nitrogen and oxygen atoms in total. The van der Waals surface area contributed by atoms with Gasteiger partial charge in [0, 0.05) is 12.6 Å². The number of amides is 2. The SMILES string of the molecule is CCN(CC)CCCC(C)N(CC1=CCC2CC1C2(C)C)C(=O)Nc1ccccc1F. The van der Waals surface area contributed by atoms with Gasteiger partial charge in [-0.05, 0) is 81.6 Å². The highest BCUT2D eigenvalue weighted by molar-refractivity contribution is 5.89. The van der Waals surface area contributed by atoms with E-state index in [1.807, 2.05) is 4.90 Å². The third-order valence-electron chi connectivity index (χ3n) is 7.83. The van der Waals surface area contributed by atoms with Crippen molar-refractivity contribution in [1.82, 2.24) is 9.80 Å². The molecule has 5 heteroatoms. The number of nitrogens with one attached hydrogen (secondary N) is 1. The van der Waals surface area contributed by atoms with Gasteiger partial charge in [-0.2, -0.15) is 0 Å². The summed E-state index contributed by atoms with van der Waals surface area (Å²) >= 11 is 0. The summed E-state index contributed by atoms with van der Waals surface area (Å²) in [6, 6.07) is 6.27. The number of hydrogen-bond acceptors (Lipinski definition) is 2. The molecule has 3 atom stereocenters. The van der Waals surface area contributed by atoms with Gasteiger partial charge < -0.3 is 15.1 Å². The van der Waals surface area contributed by atoms with Gasteiger partial charge in [-0.25, -0.2) is 9.18 Å². The number of urea groups is 1. The second-order valence-electron chi connectivity index (χ2n) is 9.88. The average Bonchev–Trinajstić information content (AvgIpc) is 2.76. The van der Waals surface area contributed by atoms with E-state index in [2.05, 4.69) is 50.9 Å². The summed E-state index contributed by atoms with van der Waals surface area (Å²) in [7, 11) is 0. The quantitative estimate of drug-likeness (QED) is 0.452. The van der Waals surface area contributed by atoms with E-state index < -0.39 is 5.82 Å². The van der Waals surface area contributed by atoms with Crippen LogP contribution in [-0.2, 0) is 0 Å². The van der Waals surface area contributed by atoms with E-state index in [1.54, 1.807) is 18.2 Å². The van der Waals surface area contributed by atoms with Crippen LogP contribution in [0.1, 0.15) is 60.3 Å². The zero-order valence-electron chi connectivity index (χ0n) is 20.0. The first-order valence-corrected chi connectivity index (χ1v) is 12.0. The number of carbonyl (C=O) groups is 1. The van der Waals surface area contributed by atoms with Crippen molar-refractivity contribution in [2.24, 2.45) is 17.3 Å². The Hall–Kier alpha value is -1.88. The van der Waals surface area contributed by atoms with E-state index in [9.17, 15) is 9.18 Å². The van der Waals surface area contributed by atoms with Gasteiger partial charge in [0.2, 0.25) is 0 Å². The third kappa shape index (κ3) is 5.31. The molecular weight excluding hydrogens is 389 g/mol. The van der Waals surface area contributed by atoms with Crippen molar-refractivity contribution < 1.29 is 9.18 Å². The van der Waals surface area contributed by atoms with Gasteiger partial charge in [0.1, 0.15) is 5.82 Å². The van der Waals surface area contributed by atoms with Crippen LogP contribution in [-0.4, -0.2) is 48.1 Å². The molecular formula is C26H40FN3O. The van der Waals surface area contributed by atoms with Crippen LogP contribution in [0.25, 0.3) is 0 Å².